The number of aliphatic carboxylic acids is 1. The molecule has 7 nitrogen and oxygen atoms in total. The molecule has 1 heterocycles. The van der Waals surface area contributed by atoms with Crippen LogP contribution in [0.5, 0.6) is 0 Å². The third-order valence-corrected chi connectivity index (χ3v) is 4.86. The van der Waals surface area contributed by atoms with E-state index in [1.165, 1.54) is 4.31 Å². The first-order valence-electron chi connectivity index (χ1n) is 6.61. The number of carboxylic acids is 1. The number of carboxylic acid groups (broad SMARTS) is 1. The zero-order chi connectivity index (χ0) is 15.3. The molecule has 0 amide bonds. The Labute approximate surface area is 123 Å². The van der Waals surface area contributed by atoms with E-state index in [0.29, 0.717) is 18.8 Å². The maximum Gasteiger partial charge on any atom is 0.312 e. The summed E-state index contributed by atoms with van der Waals surface area (Å²) in [6.45, 7) is 1.07. The van der Waals surface area contributed by atoms with Crippen LogP contribution in [0.15, 0.2) is 30.3 Å². The summed E-state index contributed by atoms with van der Waals surface area (Å²) in [7, 11) is -3.68. The molecule has 1 unspecified atom stereocenters. The van der Waals surface area contributed by atoms with E-state index in [-0.39, 0.29) is 19.6 Å². The van der Waals surface area contributed by atoms with E-state index in [2.05, 4.69) is 4.72 Å². The summed E-state index contributed by atoms with van der Waals surface area (Å²) in [5, 5.41) is 9.27. The maximum absolute atomic E-state index is 12.1. The molecule has 1 aromatic rings. The summed E-state index contributed by atoms with van der Waals surface area (Å²) in [5.74, 6) is -1.98. The molecule has 21 heavy (non-hydrogen) atoms. The fourth-order valence-corrected chi connectivity index (χ4v) is 3.29. The molecule has 1 aliphatic heterocycles. The predicted molar refractivity (Wildman–Crippen MR) is 76.1 cm³/mol. The smallest absolute Gasteiger partial charge is 0.312 e. The fourth-order valence-electron chi connectivity index (χ4n) is 2.10. The molecule has 0 aromatic heterocycles. The van der Waals surface area contributed by atoms with Gasteiger partial charge in [0.25, 0.3) is 10.2 Å². The number of carbonyl (C=O) groups is 1. The van der Waals surface area contributed by atoms with Gasteiger partial charge in [0.05, 0.1) is 19.1 Å². The Morgan fingerprint density at radius 3 is 2.48 bits per heavy atom. The normalized spacial score (nSPS) is 18.3. The highest BCUT2D eigenvalue weighted by Crippen LogP contribution is 2.15. The monoisotopic (exact) mass is 314 g/mol. The van der Waals surface area contributed by atoms with Crippen molar-refractivity contribution in [1.29, 1.82) is 0 Å². The maximum atomic E-state index is 12.1. The Kier molecular flexibility index (Phi) is 5.29. The molecule has 0 bridgehead atoms. The van der Waals surface area contributed by atoms with E-state index < -0.39 is 22.1 Å². The van der Waals surface area contributed by atoms with Crippen LogP contribution in [0.1, 0.15) is 11.5 Å². The first-order chi connectivity index (χ1) is 10.0. The van der Waals surface area contributed by atoms with Crippen molar-refractivity contribution in [1.82, 2.24) is 9.03 Å². The van der Waals surface area contributed by atoms with Crippen molar-refractivity contribution in [3.05, 3.63) is 35.9 Å². The molecule has 1 saturated heterocycles. The lowest BCUT2D eigenvalue weighted by molar-refractivity contribution is -0.138. The third-order valence-electron chi connectivity index (χ3n) is 3.28. The molecule has 1 atom stereocenters. The quantitative estimate of drug-likeness (QED) is 0.772. The minimum atomic E-state index is -3.68. The van der Waals surface area contributed by atoms with Crippen molar-refractivity contribution in [2.24, 2.45) is 0 Å². The second-order valence-corrected chi connectivity index (χ2v) is 6.42. The number of ether oxygens (including phenoxy) is 1. The molecule has 0 radical (unpaired) electrons. The number of hydrogen-bond acceptors (Lipinski definition) is 4. The van der Waals surface area contributed by atoms with Crippen LogP contribution in [0.25, 0.3) is 0 Å². The van der Waals surface area contributed by atoms with Crippen LogP contribution in [0.3, 0.4) is 0 Å². The first-order valence-corrected chi connectivity index (χ1v) is 8.05. The van der Waals surface area contributed by atoms with Crippen LogP contribution in [-0.4, -0.2) is 56.6 Å². The number of rotatable bonds is 6. The van der Waals surface area contributed by atoms with Crippen molar-refractivity contribution in [3.8, 4) is 0 Å². The van der Waals surface area contributed by atoms with Crippen LogP contribution in [-0.2, 0) is 19.7 Å². The molecule has 0 aliphatic carbocycles. The minimum absolute atomic E-state index is 0.182. The van der Waals surface area contributed by atoms with Crippen molar-refractivity contribution in [3.63, 3.8) is 0 Å². The summed E-state index contributed by atoms with van der Waals surface area (Å²) in [5.41, 5.74) is 0.565. The largest absolute Gasteiger partial charge is 0.481 e. The van der Waals surface area contributed by atoms with Crippen molar-refractivity contribution in [2.75, 3.05) is 32.8 Å². The van der Waals surface area contributed by atoms with Crippen molar-refractivity contribution in [2.45, 2.75) is 5.92 Å². The molecule has 0 saturated carbocycles. The zero-order valence-corrected chi connectivity index (χ0v) is 12.3. The van der Waals surface area contributed by atoms with Gasteiger partial charge in [-0.25, -0.2) is 4.72 Å². The number of nitrogens with one attached hydrogen (secondary N) is 1. The van der Waals surface area contributed by atoms with Crippen LogP contribution < -0.4 is 4.72 Å². The van der Waals surface area contributed by atoms with Crippen LogP contribution in [0, 0.1) is 0 Å². The number of morpholine rings is 1. The van der Waals surface area contributed by atoms with Gasteiger partial charge in [0.15, 0.2) is 0 Å². The number of nitrogens with zero attached hydrogens (tertiary/aromatic N) is 1. The van der Waals surface area contributed by atoms with Gasteiger partial charge in [0.1, 0.15) is 0 Å². The van der Waals surface area contributed by atoms with Crippen LogP contribution >= 0.6 is 0 Å². The van der Waals surface area contributed by atoms with Gasteiger partial charge in [-0.3, -0.25) is 4.79 Å². The van der Waals surface area contributed by atoms with E-state index in [1.54, 1.807) is 30.3 Å². The lowest BCUT2D eigenvalue weighted by atomic mass is 10.00. The van der Waals surface area contributed by atoms with Gasteiger partial charge in [-0.05, 0) is 5.56 Å². The van der Waals surface area contributed by atoms with Crippen molar-refractivity contribution >= 4 is 16.2 Å². The Morgan fingerprint density at radius 1 is 1.29 bits per heavy atom. The Hall–Kier alpha value is -1.48. The molecule has 2 rings (SSSR count). The molecule has 1 fully saturated rings. The van der Waals surface area contributed by atoms with E-state index in [9.17, 15) is 18.3 Å². The molecule has 0 spiro atoms. The first kappa shape index (κ1) is 15.9. The van der Waals surface area contributed by atoms with Gasteiger partial charge in [0.2, 0.25) is 0 Å². The number of hydrogen-bond donors (Lipinski definition) is 2. The summed E-state index contributed by atoms with van der Waals surface area (Å²) in [4.78, 5) is 11.3. The molecule has 116 valence electrons. The van der Waals surface area contributed by atoms with Gasteiger partial charge in [-0.2, -0.15) is 12.7 Å². The van der Waals surface area contributed by atoms with Gasteiger partial charge >= 0.3 is 5.97 Å². The highest BCUT2D eigenvalue weighted by molar-refractivity contribution is 7.87. The molecule has 8 heteroatoms. The highest BCUT2D eigenvalue weighted by Gasteiger charge is 2.27. The topological polar surface area (TPSA) is 95.9 Å². The highest BCUT2D eigenvalue weighted by atomic mass is 32.2. The molecule has 2 N–H and O–H groups in total. The lowest BCUT2D eigenvalue weighted by Gasteiger charge is -2.26. The fraction of sp³-hybridized carbons (Fsp3) is 0.462. The SMILES string of the molecule is O=C(O)C(CNS(=O)(=O)N1CCOCC1)c1ccccc1. The third kappa shape index (κ3) is 4.24. The summed E-state index contributed by atoms with van der Waals surface area (Å²) in [6, 6.07) is 8.56. The zero-order valence-electron chi connectivity index (χ0n) is 11.4. The second kappa shape index (κ2) is 6.99. The predicted octanol–water partition coefficient (Wildman–Crippen LogP) is 0.0214. The molecular formula is C13H18N2O5S. The van der Waals surface area contributed by atoms with Gasteiger partial charge in [-0.1, -0.05) is 30.3 Å². The average Bonchev–Trinajstić information content (AvgIpc) is 2.49. The standard InChI is InChI=1S/C13H18N2O5S/c16-13(17)12(11-4-2-1-3-5-11)10-14-21(18,19)15-6-8-20-9-7-15/h1-5,12,14H,6-10H2,(H,16,17). The van der Waals surface area contributed by atoms with Gasteiger partial charge < -0.3 is 9.84 Å². The number of benzene rings is 1. The summed E-state index contributed by atoms with van der Waals surface area (Å²) < 4.78 is 33.0. The van der Waals surface area contributed by atoms with E-state index in [1.807, 2.05) is 0 Å². The average molecular weight is 314 g/mol. The van der Waals surface area contributed by atoms with Gasteiger partial charge in [0, 0.05) is 19.6 Å². The van der Waals surface area contributed by atoms with Crippen LogP contribution in [0.4, 0.5) is 0 Å². The van der Waals surface area contributed by atoms with Crippen LogP contribution in [0.2, 0.25) is 0 Å². The summed E-state index contributed by atoms with van der Waals surface area (Å²) >= 11 is 0. The van der Waals surface area contributed by atoms with E-state index in [0.717, 1.165) is 0 Å². The second-order valence-electron chi connectivity index (χ2n) is 4.67. The Bertz CT molecular complexity index is 569. The molecular weight excluding hydrogens is 296 g/mol. The molecule has 1 aliphatic rings. The van der Waals surface area contributed by atoms with E-state index in [4.69, 9.17) is 4.74 Å². The summed E-state index contributed by atoms with van der Waals surface area (Å²) in [6.07, 6.45) is 0. The molecule has 1 aromatic carbocycles. The van der Waals surface area contributed by atoms with Crippen molar-refractivity contribution < 1.29 is 23.1 Å². The minimum Gasteiger partial charge on any atom is -0.481 e. The van der Waals surface area contributed by atoms with E-state index >= 15 is 0 Å². The Morgan fingerprint density at radius 2 is 1.90 bits per heavy atom. The van der Waals surface area contributed by atoms with Gasteiger partial charge in [-0.15, -0.1) is 0 Å². The Balaban J connectivity index is 2.03. The lowest BCUT2D eigenvalue weighted by Crippen LogP contribution is -2.47.